The maximum absolute atomic E-state index is 4.19. The molecule has 6 heterocycles. The van der Waals surface area contributed by atoms with Crippen molar-refractivity contribution in [3.05, 3.63) is 146 Å². The summed E-state index contributed by atoms with van der Waals surface area (Å²) in [6.45, 7) is 0. The Kier molecular flexibility index (Phi) is 32.1. The van der Waals surface area contributed by atoms with Crippen LogP contribution in [-0.2, 0) is 19.5 Å². The van der Waals surface area contributed by atoms with Crippen LogP contribution in [0.1, 0.15) is 0 Å². The smallest absolute Gasteiger partial charge is 0.0886 e. The Balaban J connectivity index is -0.000000158. The Bertz CT molecular complexity index is 1130. The van der Waals surface area contributed by atoms with E-state index in [4.69, 9.17) is 0 Å². The van der Waals surface area contributed by atoms with Gasteiger partial charge in [0.25, 0.3) is 0 Å². The third-order valence-electron chi connectivity index (χ3n) is 4.78. The molecule has 238 valence electrons. The van der Waals surface area contributed by atoms with Gasteiger partial charge in [-0.2, -0.15) is 0 Å². The van der Waals surface area contributed by atoms with E-state index >= 15 is 0 Å². The topological polar surface area (TPSA) is 266 Å². The molecule has 12 N–H and O–H groups in total. The molecule has 0 bridgehead atoms. The zero-order valence-corrected chi connectivity index (χ0v) is 25.9. The number of halogens is 1. The van der Waals surface area contributed by atoms with Gasteiger partial charge in [0.1, 0.15) is 0 Å². The second-order valence-electron chi connectivity index (χ2n) is 7.29. The number of nitrogens with zero attached hydrogens (tertiary/aromatic N) is 6. The van der Waals surface area contributed by atoms with Crippen molar-refractivity contribution >= 4 is 12.4 Å². The van der Waals surface area contributed by atoms with Gasteiger partial charge >= 0.3 is 0 Å². The predicted octanol–water partition coefficient (Wildman–Crippen LogP) is 1.90. The standard InChI is InChI=1S/3C10H8N2.ClH.6H2O.Ru/c3*1-3-7-11-9(5-1)10-6-2-4-8-12-10;;;;;;;;/h3*1-8H;1H;6*1H2;. The minimum Gasteiger partial charge on any atom is -0.412 e. The first-order valence-electron chi connectivity index (χ1n) is 11.4. The van der Waals surface area contributed by atoms with Crippen LogP contribution in [0.25, 0.3) is 34.2 Å². The average molecular weight is 714 g/mol. The normalized spacial score (nSPS) is 7.91. The summed E-state index contributed by atoms with van der Waals surface area (Å²) in [6, 6.07) is 34.8. The summed E-state index contributed by atoms with van der Waals surface area (Å²) in [4.78, 5) is 25.1. The fourth-order valence-electron chi connectivity index (χ4n) is 3.09. The van der Waals surface area contributed by atoms with E-state index in [2.05, 4.69) is 29.9 Å². The molecule has 0 aliphatic carbocycles. The molecule has 14 heteroatoms. The Morgan fingerprint density at radius 1 is 0.250 bits per heavy atom. The minimum atomic E-state index is 0. The quantitative estimate of drug-likeness (QED) is 0.247. The van der Waals surface area contributed by atoms with Gasteiger partial charge < -0.3 is 32.9 Å². The van der Waals surface area contributed by atoms with Gasteiger partial charge in [-0.15, -0.1) is 12.4 Å². The third-order valence-corrected chi connectivity index (χ3v) is 4.78. The molecule has 12 nitrogen and oxygen atoms in total. The molecule has 0 fully saturated rings. The van der Waals surface area contributed by atoms with E-state index in [1.54, 1.807) is 37.2 Å². The first kappa shape index (κ1) is 49.3. The Morgan fingerprint density at radius 2 is 0.386 bits per heavy atom. The number of pyridine rings is 6. The molecule has 0 unspecified atom stereocenters. The van der Waals surface area contributed by atoms with Crippen LogP contribution < -0.4 is 0 Å². The van der Waals surface area contributed by atoms with Crippen LogP contribution in [0, 0.1) is 0 Å². The average Bonchev–Trinajstić information content (AvgIpc) is 3.01. The van der Waals surface area contributed by atoms with Crippen molar-refractivity contribution in [1.29, 1.82) is 0 Å². The Labute approximate surface area is 274 Å². The van der Waals surface area contributed by atoms with Gasteiger partial charge in [-0.3, -0.25) is 29.9 Å². The molecule has 0 amide bonds. The monoisotopic (exact) mass is 714 g/mol. The molecular weight excluding hydrogens is 677 g/mol. The second-order valence-corrected chi connectivity index (χ2v) is 7.29. The van der Waals surface area contributed by atoms with E-state index in [9.17, 15) is 0 Å². The van der Waals surface area contributed by atoms with E-state index in [0.717, 1.165) is 34.2 Å². The molecule has 0 spiro atoms. The maximum atomic E-state index is 4.19. The van der Waals surface area contributed by atoms with E-state index in [1.807, 2.05) is 109 Å². The number of rotatable bonds is 3. The van der Waals surface area contributed by atoms with Crippen molar-refractivity contribution in [2.24, 2.45) is 0 Å². The van der Waals surface area contributed by atoms with Gasteiger partial charge in [-0.1, -0.05) is 36.4 Å². The Morgan fingerprint density at radius 3 is 0.477 bits per heavy atom. The zero-order valence-electron chi connectivity index (χ0n) is 23.3. The minimum absolute atomic E-state index is 0. The summed E-state index contributed by atoms with van der Waals surface area (Å²) in [6.07, 6.45) is 10.6. The number of hydrogen-bond acceptors (Lipinski definition) is 6. The number of hydrogen-bond donors (Lipinski definition) is 0. The van der Waals surface area contributed by atoms with E-state index < -0.39 is 0 Å². The summed E-state index contributed by atoms with van der Waals surface area (Å²) in [5.41, 5.74) is 5.49. The SMILES string of the molecule is Cl.O.O.O.O.O.O.[Ru].c1ccc(-c2ccccn2)nc1.c1ccc(-c2ccccn2)nc1.c1ccc(-c2ccccn2)nc1. The van der Waals surface area contributed by atoms with Crippen molar-refractivity contribution in [1.82, 2.24) is 29.9 Å². The van der Waals surface area contributed by atoms with Crippen LogP contribution >= 0.6 is 12.4 Å². The van der Waals surface area contributed by atoms with Gasteiger partial charge in [0, 0.05) is 56.7 Å². The molecule has 0 aliphatic rings. The molecule has 0 saturated carbocycles. The molecular formula is C30H37ClN6O6Ru. The summed E-state index contributed by atoms with van der Waals surface area (Å²) in [5, 5.41) is 0. The first-order chi connectivity index (χ1) is 17.9. The second kappa shape index (κ2) is 28.7. The molecule has 0 aliphatic heterocycles. The molecule has 0 aromatic carbocycles. The molecule has 6 aromatic rings. The van der Waals surface area contributed by atoms with Gasteiger partial charge in [0.15, 0.2) is 0 Å². The van der Waals surface area contributed by atoms with Crippen LogP contribution in [-0.4, -0.2) is 62.8 Å². The van der Waals surface area contributed by atoms with Gasteiger partial charge in [0.05, 0.1) is 34.2 Å². The molecule has 6 rings (SSSR count). The Hall–Kier alpha value is -4.43. The van der Waals surface area contributed by atoms with Crippen LogP contribution in [0.5, 0.6) is 0 Å². The van der Waals surface area contributed by atoms with E-state index in [-0.39, 0.29) is 64.7 Å². The molecule has 6 aromatic heterocycles. The van der Waals surface area contributed by atoms with E-state index in [0.29, 0.717) is 0 Å². The molecule has 0 saturated heterocycles. The molecule has 0 atom stereocenters. The first-order valence-corrected chi connectivity index (χ1v) is 11.4. The van der Waals surface area contributed by atoms with Crippen molar-refractivity contribution < 1.29 is 52.3 Å². The molecule has 44 heavy (non-hydrogen) atoms. The third kappa shape index (κ3) is 16.3. The van der Waals surface area contributed by atoms with Crippen molar-refractivity contribution in [3.8, 4) is 34.2 Å². The van der Waals surface area contributed by atoms with Gasteiger partial charge in [-0.25, -0.2) is 0 Å². The van der Waals surface area contributed by atoms with Gasteiger partial charge in [-0.05, 0) is 72.8 Å². The summed E-state index contributed by atoms with van der Waals surface area (Å²) < 4.78 is 0. The van der Waals surface area contributed by atoms with Crippen molar-refractivity contribution in [2.45, 2.75) is 0 Å². The van der Waals surface area contributed by atoms with E-state index in [1.165, 1.54) is 0 Å². The predicted molar refractivity (Wildman–Crippen MR) is 171 cm³/mol. The summed E-state index contributed by atoms with van der Waals surface area (Å²) in [7, 11) is 0. The van der Waals surface area contributed by atoms with Crippen molar-refractivity contribution in [3.63, 3.8) is 0 Å². The van der Waals surface area contributed by atoms with Crippen LogP contribution in [0.15, 0.2) is 146 Å². The van der Waals surface area contributed by atoms with Crippen LogP contribution in [0.2, 0.25) is 0 Å². The van der Waals surface area contributed by atoms with Crippen LogP contribution in [0.4, 0.5) is 0 Å². The van der Waals surface area contributed by atoms with Gasteiger partial charge in [0.2, 0.25) is 0 Å². The summed E-state index contributed by atoms with van der Waals surface area (Å²) >= 11 is 0. The molecule has 0 radical (unpaired) electrons. The maximum Gasteiger partial charge on any atom is 0.0886 e. The summed E-state index contributed by atoms with van der Waals surface area (Å²) in [5.74, 6) is 0. The zero-order chi connectivity index (χ0) is 24.7. The fourth-order valence-corrected chi connectivity index (χ4v) is 3.09. The van der Waals surface area contributed by atoms with Crippen LogP contribution in [0.3, 0.4) is 0 Å². The number of aromatic nitrogens is 6. The fraction of sp³-hybridized carbons (Fsp3) is 0. The van der Waals surface area contributed by atoms with Crippen molar-refractivity contribution in [2.75, 3.05) is 0 Å². The largest absolute Gasteiger partial charge is 0.412 e.